The fraction of sp³-hybridized carbons (Fsp3) is 0.405. The summed E-state index contributed by atoms with van der Waals surface area (Å²) < 4.78 is 51.3. The van der Waals surface area contributed by atoms with Gasteiger partial charge in [0.15, 0.2) is 11.5 Å². The highest BCUT2D eigenvalue weighted by atomic mass is 19.4. The molecule has 7 nitrogen and oxygen atoms in total. The van der Waals surface area contributed by atoms with Gasteiger partial charge in [-0.1, -0.05) is 36.3 Å². The number of phenols is 1. The van der Waals surface area contributed by atoms with Crippen LogP contribution in [0.1, 0.15) is 54.0 Å². The number of likely N-dealkylation sites (N-methyl/N-ethyl adjacent to an activating group) is 1. The maximum absolute atomic E-state index is 13.5. The van der Waals surface area contributed by atoms with E-state index in [1.807, 2.05) is 18.2 Å². The van der Waals surface area contributed by atoms with Gasteiger partial charge in [-0.15, -0.1) is 0 Å². The van der Waals surface area contributed by atoms with E-state index in [9.17, 15) is 27.9 Å². The first-order chi connectivity index (χ1) is 22.5. The zero-order chi connectivity index (χ0) is 33.1. The molecule has 1 saturated carbocycles. The number of ether oxygens (including phenoxy) is 2. The number of aromatic hydroxyl groups is 1. The molecule has 0 aromatic heterocycles. The summed E-state index contributed by atoms with van der Waals surface area (Å²) in [5.41, 5.74) is 2.04. The molecule has 5 atom stereocenters. The third-order valence-electron chi connectivity index (χ3n) is 10.6. The number of hydrogen-bond acceptors (Lipinski definition) is 6. The van der Waals surface area contributed by atoms with Gasteiger partial charge in [-0.25, -0.2) is 0 Å². The second-order valence-electron chi connectivity index (χ2n) is 13.0. The Balaban J connectivity index is 1.21. The lowest BCUT2D eigenvalue weighted by molar-refractivity contribution is -0.137. The van der Waals surface area contributed by atoms with Gasteiger partial charge in [0.2, 0.25) is 0 Å². The lowest BCUT2D eigenvalue weighted by Gasteiger charge is -2.60. The number of nitrogens with zero attached hydrogens (tertiary/aromatic N) is 2. The highest BCUT2D eigenvalue weighted by Gasteiger charge is 2.67. The molecule has 0 unspecified atom stereocenters. The fourth-order valence-electron chi connectivity index (χ4n) is 8.59. The van der Waals surface area contributed by atoms with E-state index in [0.29, 0.717) is 29.9 Å². The van der Waals surface area contributed by atoms with Crippen LogP contribution in [0.25, 0.3) is 0 Å². The number of amides is 1. The molecule has 47 heavy (non-hydrogen) atoms. The van der Waals surface area contributed by atoms with Gasteiger partial charge in [-0.2, -0.15) is 13.2 Å². The summed E-state index contributed by atoms with van der Waals surface area (Å²) in [6, 6.07) is 16.0. The zero-order valence-corrected chi connectivity index (χ0v) is 26.1. The molecule has 2 heterocycles. The largest absolute Gasteiger partial charge is 0.504 e. The molecule has 2 bridgehead atoms. The number of alkyl halides is 3. The SMILES string of the molecule is CC(=O)Oc1cc(O)c2c3c1C[C@@H]1[C@@H]4CC[C@@H](N(C)C(=O)C#Cc5ccc(C(F)(F)F)cc5)[C@H](O2)[C@]34CCN1CCc1ccccc1. The number of carbonyl (C=O) groups excluding carboxylic acids is 2. The normalized spacial score (nSPS) is 25.6. The summed E-state index contributed by atoms with van der Waals surface area (Å²) in [6.45, 7) is 3.02. The standard InChI is InChI=1S/C37H35F3N2O5/c1-22(43)46-31-21-30(44)34-33-26(31)20-29-27-13-14-28(41(2)32(45)15-10-24-8-11-25(12-9-24)37(38,39)40)35(47-34)36(27,33)17-19-42(29)18-16-23-6-4-3-5-7-23/h3-9,11-12,21,27-29,35,44H,13-14,16-20H2,1-2H3/t27-,28+,29+,35-,36-/m0/s1. The van der Waals surface area contributed by atoms with Crippen molar-refractivity contribution < 1.29 is 37.3 Å². The summed E-state index contributed by atoms with van der Waals surface area (Å²) >= 11 is 0. The number of piperidine rings is 1. The molecule has 10 heteroatoms. The number of hydrogen-bond donors (Lipinski definition) is 1. The van der Waals surface area contributed by atoms with Crippen LogP contribution < -0.4 is 9.47 Å². The molecule has 1 saturated heterocycles. The molecule has 1 N–H and O–H groups in total. The van der Waals surface area contributed by atoms with E-state index in [-0.39, 0.29) is 23.8 Å². The van der Waals surface area contributed by atoms with Gasteiger partial charge >= 0.3 is 12.1 Å². The van der Waals surface area contributed by atoms with Crippen molar-refractivity contribution in [3.8, 4) is 29.1 Å². The van der Waals surface area contributed by atoms with E-state index in [1.165, 1.54) is 30.7 Å². The van der Waals surface area contributed by atoms with Crippen LogP contribution in [0, 0.1) is 17.8 Å². The van der Waals surface area contributed by atoms with Crippen LogP contribution in [-0.2, 0) is 34.0 Å². The lowest BCUT2D eigenvalue weighted by Crippen LogP contribution is -2.69. The Morgan fingerprint density at radius 1 is 1.13 bits per heavy atom. The number of likely N-dealkylation sites (tertiary alicyclic amines) is 1. The Bertz CT molecular complexity index is 1780. The first-order valence-corrected chi connectivity index (χ1v) is 16.0. The summed E-state index contributed by atoms with van der Waals surface area (Å²) in [4.78, 5) is 29.7. The third-order valence-corrected chi connectivity index (χ3v) is 10.6. The molecular formula is C37H35F3N2O5. The molecule has 0 radical (unpaired) electrons. The maximum atomic E-state index is 13.5. The van der Waals surface area contributed by atoms with Crippen molar-refractivity contribution in [1.29, 1.82) is 0 Å². The molecule has 7 rings (SSSR count). The Hall–Kier alpha value is -4.49. The molecule has 1 amide bonds. The van der Waals surface area contributed by atoms with Crippen molar-refractivity contribution >= 4 is 11.9 Å². The predicted molar refractivity (Wildman–Crippen MR) is 167 cm³/mol. The highest BCUT2D eigenvalue weighted by Crippen LogP contribution is 2.65. The average molecular weight is 645 g/mol. The van der Waals surface area contributed by atoms with Crippen LogP contribution in [0.2, 0.25) is 0 Å². The van der Waals surface area contributed by atoms with E-state index >= 15 is 0 Å². The summed E-state index contributed by atoms with van der Waals surface area (Å²) in [5.74, 6) is 5.22. The molecule has 2 aliphatic heterocycles. The Morgan fingerprint density at radius 2 is 1.87 bits per heavy atom. The van der Waals surface area contributed by atoms with E-state index in [0.717, 1.165) is 55.6 Å². The maximum Gasteiger partial charge on any atom is 0.416 e. The first-order valence-electron chi connectivity index (χ1n) is 16.0. The number of phenolic OH excluding ortho intramolecular Hbond substituents is 1. The van der Waals surface area contributed by atoms with Crippen LogP contribution in [0.4, 0.5) is 13.2 Å². The quantitative estimate of drug-likeness (QED) is 0.225. The van der Waals surface area contributed by atoms with Crippen LogP contribution in [0.5, 0.6) is 17.2 Å². The van der Waals surface area contributed by atoms with Crippen LogP contribution in [-0.4, -0.2) is 65.1 Å². The van der Waals surface area contributed by atoms with Crippen LogP contribution in [0.15, 0.2) is 60.7 Å². The molecule has 4 aliphatic rings. The van der Waals surface area contributed by atoms with Gasteiger partial charge in [-0.05, 0) is 74.4 Å². The van der Waals surface area contributed by atoms with Gasteiger partial charge in [-0.3, -0.25) is 14.5 Å². The van der Waals surface area contributed by atoms with E-state index < -0.39 is 35.1 Å². The molecule has 1 spiro atoms. The van der Waals surface area contributed by atoms with Crippen molar-refractivity contribution in [1.82, 2.24) is 9.80 Å². The molecule has 3 aromatic rings. The molecular weight excluding hydrogens is 609 g/mol. The van der Waals surface area contributed by atoms with E-state index in [2.05, 4.69) is 28.9 Å². The number of rotatable bonds is 5. The van der Waals surface area contributed by atoms with Crippen molar-refractivity contribution in [2.75, 3.05) is 20.1 Å². The highest BCUT2D eigenvalue weighted by molar-refractivity contribution is 5.94. The zero-order valence-electron chi connectivity index (χ0n) is 26.1. The van der Waals surface area contributed by atoms with Crippen molar-refractivity contribution in [2.45, 2.75) is 68.8 Å². The van der Waals surface area contributed by atoms with Gasteiger partial charge in [0.1, 0.15) is 11.9 Å². The average Bonchev–Trinajstić information content (AvgIpc) is 3.39. The molecule has 2 aliphatic carbocycles. The number of esters is 1. The second kappa shape index (κ2) is 11.6. The predicted octanol–water partition coefficient (Wildman–Crippen LogP) is 5.50. The molecule has 2 fully saturated rings. The number of benzene rings is 3. The third kappa shape index (κ3) is 5.31. The second-order valence-corrected chi connectivity index (χ2v) is 13.0. The topological polar surface area (TPSA) is 79.3 Å². The minimum Gasteiger partial charge on any atom is -0.504 e. The summed E-state index contributed by atoms with van der Waals surface area (Å²) in [5, 5.41) is 11.2. The van der Waals surface area contributed by atoms with Crippen molar-refractivity contribution in [2.24, 2.45) is 5.92 Å². The minimum absolute atomic E-state index is 0.0951. The minimum atomic E-state index is -4.46. The van der Waals surface area contributed by atoms with Crippen LogP contribution in [0.3, 0.4) is 0 Å². The monoisotopic (exact) mass is 644 g/mol. The number of carbonyl (C=O) groups is 2. The Morgan fingerprint density at radius 3 is 2.57 bits per heavy atom. The Labute approximate surface area is 271 Å². The number of halogens is 3. The van der Waals surface area contributed by atoms with Crippen molar-refractivity contribution in [3.05, 3.63) is 88.5 Å². The fourth-order valence-corrected chi connectivity index (χ4v) is 8.59. The Kier molecular flexibility index (Phi) is 7.71. The smallest absolute Gasteiger partial charge is 0.416 e. The van der Waals surface area contributed by atoms with Crippen molar-refractivity contribution in [3.63, 3.8) is 0 Å². The molecule has 3 aromatic carbocycles. The first kappa shape index (κ1) is 31.1. The van der Waals surface area contributed by atoms with Gasteiger partial charge < -0.3 is 19.5 Å². The summed E-state index contributed by atoms with van der Waals surface area (Å²) in [7, 11) is 1.68. The van der Waals surface area contributed by atoms with Gasteiger partial charge in [0.05, 0.1) is 11.6 Å². The van der Waals surface area contributed by atoms with Crippen LogP contribution >= 0.6 is 0 Å². The van der Waals surface area contributed by atoms with E-state index in [4.69, 9.17) is 9.47 Å². The molecule has 244 valence electrons. The van der Waals surface area contributed by atoms with E-state index in [1.54, 1.807) is 11.9 Å². The van der Waals surface area contributed by atoms with Gasteiger partial charge in [0.25, 0.3) is 5.91 Å². The summed E-state index contributed by atoms with van der Waals surface area (Å²) in [6.07, 6.45) is -1.15. The van der Waals surface area contributed by atoms with Gasteiger partial charge in [0, 0.05) is 60.7 Å². The lowest BCUT2D eigenvalue weighted by atomic mass is 9.50.